The number of hydrogen-bond acceptors (Lipinski definition) is 4. The van der Waals surface area contributed by atoms with Crippen molar-refractivity contribution < 1.29 is 4.74 Å². The van der Waals surface area contributed by atoms with Crippen LogP contribution in [0, 0.1) is 0 Å². The van der Waals surface area contributed by atoms with Gasteiger partial charge in [-0.15, -0.1) is 24.0 Å². The highest BCUT2D eigenvalue weighted by atomic mass is 127. The molecule has 0 aliphatic carbocycles. The molecule has 3 heterocycles. The molecule has 154 valence electrons. The molecule has 27 heavy (non-hydrogen) atoms. The number of morpholine rings is 1. The van der Waals surface area contributed by atoms with Crippen LogP contribution in [0.4, 0.5) is 0 Å². The van der Waals surface area contributed by atoms with Crippen molar-refractivity contribution in [3.8, 4) is 0 Å². The van der Waals surface area contributed by atoms with Crippen molar-refractivity contribution in [1.82, 2.24) is 24.9 Å². The van der Waals surface area contributed by atoms with Crippen LogP contribution in [-0.2, 0) is 11.8 Å². The Labute approximate surface area is 180 Å². The number of nitrogens with zero attached hydrogens (tertiary/aromatic N) is 5. The fourth-order valence-corrected chi connectivity index (χ4v) is 3.84. The number of likely N-dealkylation sites (tertiary alicyclic amines) is 1. The molecule has 2 saturated heterocycles. The van der Waals surface area contributed by atoms with Crippen LogP contribution in [0.2, 0.25) is 0 Å². The predicted molar refractivity (Wildman–Crippen MR) is 120 cm³/mol. The first-order valence-corrected chi connectivity index (χ1v) is 9.84. The van der Waals surface area contributed by atoms with Gasteiger partial charge in [0.1, 0.15) is 0 Å². The van der Waals surface area contributed by atoms with Crippen LogP contribution in [0.5, 0.6) is 0 Å². The molecule has 0 bridgehead atoms. The van der Waals surface area contributed by atoms with Crippen molar-refractivity contribution in [3.05, 3.63) is 18.0 Å². The third-order valence-corrected chi connectivity index (χ3v) is 5.50. The maximum Gasteiger partial charge on any atom is 0.194 e. The van der Waals surface area contributed by atoms with Crippen molar-refractivity contribution in [2.24, 2.45) is 12.0 Å². The number of aryl methyl sites for hydroxylation is 1. The van der Waals surface area contributed by atoms with E-state index in [0.717, 1.165) is 64.9 Å². The van der Waals surface area contributed by atoms with Gasteiger partial charge in [0.25, 0.3) is 0 Å². The highest BCUT2D eigenvalue weighted by molar-refractivity contribution is 14.0. The third-order valence-electron chi connectivity index (χ3n) is 5.50. The Morgan fingerprint density at radius 1 is 1.33 bits per heavy atom. The molecule has 2 fully saturated rings. The van der Waals surface area contributed by atoms with Crippen LogP contribution in [-0.4, -0.2) is 83.6 Å². The molecule has 7 nitrogen and oxygen atoms in total. The van der Waals surface area contributed by atoms with Crippen LogP contribution < -0.4 is 5.32 Å². The van der Waals surface area contributed by atoms with Crippen molar-refractivity contribution in [3.63, 3.8) is 0 Å². The summed E-state index contributed by atoms with van der Waals surface area (Å²) in [5.74, 6) is 1.58. The number of aliphatic imine (C=N–C) groups is 1. The summed E-state index contributed by atoms with van der Waals surface area (Å²) in [5.41, 5.74) is 1.38. The maximum atomic E-state index is 5.49. The lowest BCUT2D eigenvalue weighted by Gasteiger charge is -2.40. The van der Waals surface area contributed by atoms with E-state index in [2.05, 4.69) is 47.2 Å². The second-order valence-electron chi connectivity index (χ2n) is 7.96. The Kier molecular flexibility index (Phi) is 8.36. The molecule has 0 aromatic carbocycles. The van der Waals surface area contributed by atoms with Gasteiger partial charge in [0.15, 0.2) is 5.96 Å². The van der Waals surface area contributed by atoms with E-state index in [-0.39, 0.29) is 29.5 Å². The zero-order chi connectivity index (χ0) is 18.6. The summed E-state index contributed by atoms with van der Waals surface area (Å²) in [4.78, 5) is 9.90. The number of halogens is 1. The zero-order valence-electron chi connectivity index (χ0n) is 17.1. The zero-order valence-corrected chi connectivity index (χ0v) is 19.5. The summed E-state index contributed by atoms with van der Waals surface area (Å²) in [7, 11) is 1.98. The molecule has 1 unspecified atom stereocenters. The molecule has 1 aromatic heterocycles. The number of hydrogen-bond donors (Lipinski definition) is 1. The Morgan fingerprint density at radius 3 is 2.70 bits per heavy atom. The van der Waals surface area contributed by atoms with Gasteiger partial charge in [-0.25, -0.2) is 0 Å². The minimum absolute atomic E-state index is 0. The molecule has 1 aromatic rings. The molecule has 1 N–H and O–H groups in total. The summed E-state index contributed by atoms with van der Waals surface area (Å²) in [6.45, 7) is 14.1. The Morgan fingerprint density at radius 2 is 2.07 bits per heavy atom. The number of ether oxygens (including phenoxy) is 1. The Hall–Kier alpha value is -0.870. The van der Waals surface area contributed by atoms with E-state index in [1.54, 1.807) is 0 Å². The summed E-state index contributed by atoms with van der Waals surface area (Å²) in [6, 6.07) is 0. The second kappa shape index (κ2) is 10.1. The third kappa shape index (κ3) is 5.80. The van der Waals surface area contributed by atoms with Gasteiger partial charge in [0.2, 0.25) is 0 Å². The molecule has 0 saturated carbocycles. The van der Waals surface area contributed by atoms with E-state index in [4.69, 9.17) is 9.73 Å². The lowest BCUT2D eigenvalue weighted by molar-refractivity contribution is -0.00688. The molecule has 2 aliphatic heterocycles. The lowest BCUT2D eigenvalue weighted by Crippen LogP contribution is -2.52. The predicted octanol–water partition coefficient (Wildman–Crippen LogP) is 1.90. The number of rotatable bonds is 5. The van der Waals surface area contributed by atoms with Gasteiger partial charge in [0.05, 0.1) is 26.0 Å². The Bertz CT molecular complexity index is 611. The summed E-state index contributed by atoms with van der Waals surface area (Å²) >= 11 is 0. The molecule has 0 radical (unpaired) electrons. The largest absolute Gasteiger partial charge is 0.379 e. The topological polar surface area (TPSA) is 57.9 Å². The van der Waals surface area contributed by atoms with Gasteiger partial charge in [-0.05, 0) is 32.8 Å². The van der Waals surface area contributed by atoms with E-state index >= 15 is 0 Å². The van der Waals surface area contributed by atoms with Gasteiger partial charge >= 0.3 is 0 Å². The highest BCUT2D eigenvalue weighted by Crippen LogP contribution is 2.27. The molecule has 2 aliphatic rings. The molecular formula is C19H35IN6O. The molecule has 1 atom stereocenters. The summed E-state index contributed by atoms with van der Waals surface area (Å²) in [6.07, 6.45) is 5.29. The van der Waals surface area contributed by atoms with Gasteiger partial charge < -0.3 is 15.0 Å². The van der Waals surface area contributed by atoms with Gasteiger partial charge in [-0.3, -0.25) is 14.6 Å². The quantitative estimate of drug-likeness (QED) is 0.388. The lowest BCUT2D eigenvalue weighted by atomic mass is 10.0. The number of aromatic nitrogens is 2. The molecule has 0 spiro atoms. The van der Waals surface area contributed by atoms with Crippen LogP contribution in [0.3, 0.4) is 0 Å². The van der Waals surface area contributed by atoms with Crippen molar-refractivity contribution in [2.75, 3.05) is 52.5 Å². The van der Waals surface area contributed by atoms with Crippen LogP contribution >= 0.6 is 24.0 Å². The monoisotopic (exact) mass is 490 g/mol. The van der Waals surface area contributed by atoms with Gasteiger partial charge in [-0.2, -0.15) is 5.10 Å². The number of nitrogens with one attached hydrogen (secondary N) is 1. The van der Waals surface area contributed by atoms with Crippen molar-refractivity contribution >= 4 is 29.9 Å². The summed E-state index contributed by atoms with van der Waals surface area (Å²) < 4.78 is 7.38. The van der Waals surface area contributed by atoms with E-state index in [1.165, 1.54) is 5.56 Å². The first-order valence-electron chi connectivity index (χ1n) is 9.84. The average molecular weight is 490 g/mol. The normalized spacial score (nSPS) is 22.0. The molecule has 3 rings (SSSR count). The number of guanidine groups is 1. The van der Waals surface area contributed by atoms with Crippen LogP contribution in [0.1, 0.15) is 38.7 Å². The molecule has 8 heteroatoms. The van der Waals surface area contributed by atoms with Crippen LogP contribution in [0.25, 0.3) is 0 Å². The van der Waals surface area contributed by atoms with E-state index < -0.39 is 0 Å². The Balaban J connectivity index is 0.00000261. The SMILES string of the molecule is CCNC(=NCC(C)(C)N1CCOCC1)N1CCC(c2cnn(C)c2)C1.I. The molecular weight excluding hydrogens is 455 g/mol. The van der Waals surface area contributed by atoms with Crippen molar-refractivity contribution in [1.29, 1.82) is 0 Å². The summed E-state index contributed by atoms with van der Waals surface area (Å²) in [5, 5.41) is 7.81. The average Bonchev–Trinajstić information content (AvgIpc) is 3.28. The first-order chi connectivity index (χ1) is 12.5. The second-order valence-corrected chi connectivity index (χ2v) is 7.96. The minimum Gasteiger partial charge on any atom is -0.379 e. The van der Waals surface area contributed by atoms with E-state index in [0.29, 0.717) is 5.92 Å². The standard InChI is InChI=1S/C19H34N6O.HI/c1-5-20-18(21-15-19(2,3)25-8-10-26-11-9-25)24-7-6-16(14-24)17-12-22-23(4)13-17;/h12-13,16H,5-11,14-15H2,1-4H3,(H,20,21);1H. The van der Waals surface area contributed by atoms with Crippen LogP contribution in [0.15, 0.2) is 17.4 Å². The fourth-order valence-electron chi connectivity index (χ4n) is 3.84. The van der Waals surface area contributed by atoms with Gasteiger partial charge in [0, 0.05) is 57.4 Å². The maximum absolute atomic E-state index is 5.49. The highest BCUT2D eigenvalue weighted by Gasteiger charge is 2.30. The fraction of sp³-hybridized carbons (Fsp3) is 0.789. The first kappa shape index (κ1) is 22.4. The van der Waals surface area contributed by atoms with Gasteiger partial charge in [-0.1, -0.05) is 0 Å². The van der Waals surface area contributed by atoms with E-state index in [9.17, 15) is 0 Å². The van der Waals surface area contributed by atoms with E-state index in [1.807, 2.05) is 17.9 Å². The minimum atomic E-state index is 0. The smallest absolute Gasteiger partial charge is 0.194 e. The molecule has 0 amide bonds. The van der Waals surface area contributed by atoms with Crippen molar-refractivity contribution in [2.45, 2.75) is 38.6 Å².